The normalized spacial score (nSPS) is 10.5. The zero-order valence-electron chi connectivity index (χ0n) is 6.80. The Morgan fingerprint density at radius 1 is 1.62 bits per heavy atom. The van der Waals surface area contributed by atoms with Gasteiger partial charge in [-0.2, -0.15) is 4.52 Å². The van der Waals surface area contributed by atoms with Crippen LogP contribution in [0.2, 0.25) is 0 Å². The Balaban J connectivity index is 2.76. The van der Waals surface area contributed by atoms with Gasteiger partial charge in [-0.05, 0) is 29.0 Å². The van der Waals surface area contributed by atoms with Crippen molar-refractivity contribution in [2.45, 2.75) is 6.92 Å². The fourth-order valence-corrected chi connectivity index (χ4v) is 1.11. The van der Waals surface area contributed by atoms with Crippen LogP contribution in [0.1, 0.15) is 15.9 Å². The van der Waals surface area contributed by atoms with E-state index in [0.29, 0.717) is 11.2 Å². The fraction of sp³-hybridized carbons (Fsp3) is 0.143. The molecule has 6 heteroatoms. The second-order valence-corrected chi connectivity index (χ2v) is 2.66. The first kappa shape index (κ1) is 7.66. The van der Waals surface area contributed by atoms with Crippen LogP contribution >= 0.6 is 0 Å². The van der Waals surface area contributed by atoms with Crippen LogP contribution in [-0.2, 0) is 0 Å². The highest BCUT2D eigenvalue weighted by Gasteiger charge is 2.09. The molecule has 2 heterocycles. The lowest BCUT2D eigenvalue weighted by Gasteiger charge is -1.98. The van der Waals surface area contributed by atoms with Crippen molar-refractivity contribution in [3.05, 3.63) is 23.4 Å². The second-order valence-electron chi connectivity index (χ2n) is 2.66. The molecule has 1 N–H and O–H groups in total. The largest absolute Gasteiger partial charge is 0.478 e. The summed E-state index contributed by atoms with van der Waals surface area (Å²) in [7, 11) is 0. The Morgan fingerprint density at radius 3 is 3.08 bits per heavy atom. The van der Waals surface area contributed by atoms with Crippen LogP contribution < -0.4 is 0 Å². The number of aromatic nitrogens is 4. The molecule has 6 nitrogen and oxygen atoms in total. The Morgan fingerprint density at radius 2 is 2.38 bits per heavy atom. The Hall–Kier alpha value is -1.98. The molecule has 2 aromatic heterocycles. The van der Waals surface area contributed by atoms with Crippen molar-refractivity contribution in [1.82, 2.24) is 20.0 Å². The van der Waals surface area contributed by atoms with Gasteiger partial charge in [-0.1, -0.05) is 0 Å². The molecule has 0 unspecified atom stereocenters. The number of aryl methyl sites for hydroxylation is 1. The van der Waals surface area contributed by atoms with Crippen LogP contribution in [0, 0.1) is 6.92 Å². The van der Waals surface area contributed by atoms with Gasteiger partial charge in [0.15, 0.2) is 5.65 Å². The van der Waals surface area contributed by atoms with E-state index < -0.39 is 5.97 Å². The van der Waals surface area contributed by atoms with Gasteiger partial charge in [0, 0.05) is 6.20 Å². The van der Waals surface area contributed by atoms with Gasteiger partial charge >= 0.3 is 5.97 Å². The molecule has 0 aliphatic heterocycles. The van der Waals surface area contributed by atoms with Crippen molar-refractivity contribution in [2.75, 3.05) is 0 Å². The topological polar surface area (TPSA) is 80.4 Å². The van der Waals surface area contributed by atoms with Crippen LogP contribution in [0.3, 0.4) is 0 Å². The Bertz CT molecular complexity index is 476. The molecule has 0 radical (unpaired) electrons. The molecule has 0 fully saturated rings. The number of aromatic carboxylic acids is 1. The summed E-state index contributed by atoms with van der Waals surface area (Å²) in [6.07, 6.45) is 1.40. The van der Waals surface area contributed by atoms with E-state index in [1.807, 2.05) is 0 Å². The smallest absolute Gasteiger partial charge is 0.337 e. The van der Waals surface area contributed by atoms with Gasteiger partial charge in [0.25, 0.3) is 0 Å². The average Bonchev–Trinajstić information content (AvgIpc) is 2.48. The monoisotopic (exact) mass is 178 g/mol. The first-order chi connectivity index (χ1) is 6.18. The maximum atomic E-state index is 10.7. The van der Waals surface area contributed by atoms with Crippen LogP contribution in [0.4, 0.5) is 0 Å². The third kappa shape index (κ3) is 1.12. The summed E-state index contributed by atoms with van der Waals surface area (Å²) in [4.78, 5) is 10.7. The first-order valence-corrected chi connectivity index (χ1v) is 3.60. The number of nitrogens with zero attached hydrogens (tertiary/aromatic N) is 4. The molecule has 2 rings (SSSR count). The quantitative estimate of drug-likeness (QED) is 0.671. The van der Waals surface area contributed by atoms with Crippen LogP contribution in [-0.4, -0.2) is 31.1 Å². The Labute approximate surface area is 72.8 Å². The number of carboxylic acid groups (broad SMARTS) is 1. The van der Waals surface area contributed by atoms with Crippen LogP contribution in [0.25, 0.3) is 5.65 Å². The average molecular weight is 178 g/mol. The van der Waals surface area contributed by atoms with Crippen molar-refractivity contribution in [1.29, 1.82) is 0 Å². The summed E-state index contributed by atoms with van der Waals surface area (Å²) in [5, 5.41) is 19.5. The number of pyridine rings is 1. The van der Waals surface area contributed by atoms with E-state index in [4.69, 9.17) is 5.11 Å². The first-order valence-electron chi connectivity index (χ1n) is 3.60. The van der Waals surface area contributed by atoms with Gasteiger partial charge < -0.3 is 5.11 Å². The molecule has 0 spiro atoms. The van der Waals surface area contributed by atoms with Crippen molar-refractivity contribution in [3.63, 3.8) is 0 Å². The lowest BCUT2D eigenvalue weighted by Crippen LogP contribution is -2.02. The van der Waals surface area contributed by atoms with Crippen LogP contribution in [0.15, 0.2) is 12.3 Å². The van der Waals surface area contributed by atoms with Crippen molar-refractivity contribution < 1.29 is 9.90 Å². The third-order valence-corrected chi connectivity index (χ3v) is 1.77. The molecule has 0 aromatic carbocycles. The minimum atomic E-state index is -0.977. The third-order valence-electron chi connectivity index (χ3n) is 1.77. The Kier molecular flexibility index (Phi) is 1.48. The summed E-state index contributed by atoms with van der Waals surface area (Å²) in [5.74, 6) is -0.977. The lowest BCUT2D eigenvalue weighted by molar-refractivity contribution is 0.0695. The molecule has 0 aliphatic rings. The number of fused-ring (bicyclic) bond motifs is 1. The highest BCUT2D eigenvalue weighted by atomic mass is 16.4. The van der Waals surface area contributed by atoms with Gasteiger partial charge in [0.1, 0.15) is 0 Å². The van der Waals surface area contributed by atoms with Crippen molar-refractivity contribution in [3.8, 4) is 0 Å². The second kappa shape index (κ2) is 2.51. The molecular formula is C7H6N4O2. The summed E-state index contributed by atoms with van der Waals surface area (Å²) in [6.45, 7) is 1.71. The summed E-state index contributed by atoms with van der Waals surface area (Å²) < 4.78 is 1.33. The zero-order valence-corrected chi connectivity index (χ0v) is 6.80. The number of carboxylic acids is 1. The van der Waals surface area contributed by atoms with Crippen molar-refractivity contribution in [2.24, 2.45) is 0 Å². The molecule has 0 bridgehead atoms. The minimum absolute atomic E-state index is 0.208. The molecule has 0 saturated carbocycles. The van der Waals surface area contributed by atoms with Gasteiger partial charge in [-0.15, -0.1) is 5.10 Å². The zero-order chi connectivity index (χ0) is 9.42. The number of carbonyl (C=O) groups is 1. The molecule has 0 aliphatic carbocycles. The summed E-state index contributed by atoms with van der Waals surface area (Å²) >= 11 is 0. The van der Waals surface area contributed by atoms with E-state index in [2.05, 4.69) is 15.5 Å². The van der Waals surface area contributed by atoms with Gasteiger partial charge in [-0.3, -0.25) is 0 Å². The van der Waals surface area contributed by atoms with Gasteiger partial charge in [0.05, 0.1) is 5.56 Å². The van der Waals surface area contributed by atoms with Gasteiger partial charge in [-0.25, -0.2) is 4.79 Å². The number of tetrazole rings is 1. The van der Waals surface area contributed by atoms with E-state index >= 15 is 0 Å². The SMILES string of the molecule is Cc1cc2nnnn2cc1C(=O)O. The summed E-state index contributed by atoms with van der Waals surface area (Å²) in [5.41, 5.74) is 1.40. The predicted molar refractivity (Wildman–Crippen MR) is 42.5 cm³/mol. The standard InChI is InChI=1S/C7H6N4O2/c1-4-2-6-8-9-10-11(6)3-5(4)7(12)13/h2-3H,1H3,(H,12,13). The number of rotatable bonds is 1. The number of hydrogen-bond donors (Lipinski definition) is 1. The lowest BCUT2D eigenvalue weighted by atomic mass is 10.2. The highest BCUT2D eigenvalue weighted by molar-refractivity contribution is 5.89. The van der Waals surface area contributed by atoms with Gasteiger partial charge in [0.2, 0.25) is 0 Å². The summed E-state index contributed by atoms with van der Waals surface area (Å²) in [6, 6.07) is 1.63. The molecule has 0 atom stereocenters. The van der Waals surface area contributed by atoms with E-state index in [9.17, 15) is 4.79 Å². The molecule has 2 aromatic rings. The fourth-order valence-electron chi connectivity index (χ4n) is 1.11. The van der Waals surface area contributed by atoms with E-state index in [1.54, 1.807) is 13.0 Å². The molecule has 66 valence electrons. The molecule has 0 saturated heterocycles. The number of hydrogen-bond acceptors (Lipinski definition) is 4. The van der Waals surface area contributed by atoms with Crippen molar-refractivity contribution >= 4 is 11.6 Å². The van der Waals surface area contributed by atoms with E-state index in [-0.39, 0.29) is 5.56 Å². The molecule has 0 amide bonds. The minimum Gasteiger partial charge on any atom is -0.478 e. The molecular weight excluding hydrogens is 172 g/mol. The van der Waals surface area contributed by atoms with E-state index in [0.717, 1.165) is 0 Å². The maximum absolute atomic E-state index is 10.7. The predicted octanol–water partition coefficient (Wildman–Crippen LogP) is 0.131. The highest BCUT2D eigenvalue weighted by Crippen LogP contribution is 2.09. The van der Waals surface area contributed by atoms with E-state index in [1.165, 1.54) is 10.7 Å². The maximum Gasteiger partial charge on any atom is 0.337 e. The van der Waals surface area contributed by atoms with Crippen LogP contribution in [0.5, 0.6) is 0 Å². The molecule has 13 heavy (non-hydrogen) atoms.